The molecule has 0 aliphatic heterocycles. The second-order valence-electron chi connectivity index (χ2n) is 5.87. The van der Waals surface area contributed by atoms with Crippen molar-refractivity contribution in [2.24, 2.45) is 5.92 Å². The fourth-order valence-corrected chi connectivity index (χ4v) is 4.16. The van der Waals surface area contributed by atoms with Gasteiger partial charge in [-0.05, 0) is 37.1 Å². The Labute approximate surface area is 138 Å². The molecule has 0 aromatic heterocycles. The molecule has 0 spiro atoms. The van der Waals surface area contributed by atoms with Crippen LogP contribution in [-0.4, -0.2) is 26.5 Å². The van der Waals surface area contributed by atoms with Crippen LogP contribution in [0.2, 0.25) is 0 Å². The summed E-state index contributed by atoms with van der Waals surface area (Å²) in [7, 11) is -4.06. The van der Waals surface area contributed by atoms with Crippen LogP contribution in [0.15, 0.2) is 29.2 Å². The molecule has 9 heteroatoms. The standard InChI is InChI=1S/C15H19F3N2O3S/c1-10(21)19-11-6-8-12(9-7-11)24(22,23)20-14-5-3-2-4-13(14)15(16,17)18/h6-9,13-14,20H,2-5H2,1H3,(H,19,21). The second-order valence-corrected chi connectivity index (χ2v) is 7.58. The first-order chi connectivity index (χ1) is 11.1. The summed E-state index contributed by atoms with van der Waals surface area (Å²) < 4.78 is 66.1. The number of benzene rings is 1. The predicted octanol–water partition coefficient (Wildman–Crippen LogP) is 3.04. The van der Waals surface area contributed by atoms with Crippen molar-refractivity contribution in [3.63, 3.8) is 0 Å². The SMILES string of the molecule is CC(=O)Nc1ccc(S(=O)(=O)NC2CCCCC2C(F)(F)F)cc1. The molecule has 1 saturated carbocycles. The molecular formula is C15H19F3N2O3S. The van der Waals surface area contributed by atoms with Crippen LogP contribution in [0.5, 0.6) is 0 Å². The minimum absolute atomic E-state index is 0.0713. The zero-order chi connectivity index (χ0) is 18.0. The lowest BCUT2D eigenvalue weighted by molar-refractivity contribution is -0.187. The lowest BCUT2D eigenvalue weighted by Crippen LogP contribution is -2.47. The molecule has 1 aliphatic rings. The molecule has 2 atom stereocenters. The fourth-order valence-electron chi connectivity index (χ4n) is 2.85. The van der Waals surface area contributed by atoms with Crippen molar-refractivity contribution in [2.75, 3.05) is 5.32 Å². The normalized spacial score (nSPS) is 22.2. The van der Waals surface area contributed by atoms with Gasteiger partial charge in [0, 0.05) is 18.7 Å². The number of hydrogen-bond donors (Lipinski definition) is 2. The van der Waals surface area contributed by atoms with E-state index in [9.17, 15) is 26.4 Å². The first-order valence-electron chi connectivity index (χ1n) is 7.56. The summed E-state index contributed by atoms with van der Waals surface area (Å²) in [5.74, 6) is -1.97. The van der Waals surface area contributed by atoms with Crippen molar-refractivity contribution in [3.05, 3.63) is 24.3 Å². The van der Waals surface area contributed by atoms with Gasteiger partial charge in [0.2, 0.25) is 15.9 Å². The van der Waals surface area contributed by atoms with Crippen LogP contribution >= 0.6 is 0 Å². The molecule has 0 saturated heterocycles. The van der Waals surface area contributed by atoms with Gasteiger partial charge in [0.1, 0.15) is 0 Å². The Morgan fingerprint density at radius 1 is 1.12 bits per heavy atom. The van der Waals surface area contributed by atoms with Gasteiger partial charge in [-0.25, -0.2) is 13.1 Å². The Kier molecular flexibility index (Phi) is 5.54. The average molecular weight is 364 g/mol. The number of halogens is 3. The molecule has 1 fully saturated rings. The highest BCUT2D eigenvalue weighted by molar-refractivity contribution is 7.89. The van der Waals surface area contributed by atoms with E-state index >= 15 is 0 Å². The number of carbonyl (C=O) groups excluding carboxylic acids is 1. The van der Waals surface area contributed by atoms with Crippen LogP contribution in [0.3, 0.4) is 0 Å². The molecular weight excluding hydrogens is 345 g/mol. The van der Waals surface area contributed by atoms with E-state index in [0.717, 1.165) is 0 Å². The van der Waals surface area contributed by atoms with Gasteiger partial charge in [-0.15, -0.1) is 0 Å². The number of carbonyl (C=O) groups is 1. The molecule has 0 radical (unpaired) electrons. The second kappa shape index (κ2) is 7.10. The van der Waals surface area contributed by atoms with Gasteiger partial charge in [-0.1, -0.05) is 12.8 Å². The van der Waals surface area contributed by atoms with E-state index in [1.165, 1.54) is 31.2 Å². The minimum Gasteiger partial charge on any atom is -0.326 e. The molecule has 1 amide bonds. The summed E-state index contributed by atoms with van der Waals surface area (Å²) in [6.45, 7) is 1.31. The number of anilines is 1. The Morgan fingerprint density at radius 2 is 1.71 bits per heavy atom. The molecule has 1 aromatic rings. The van der Waals surface area contributed by atoms with Crippen molar-refractivity contribution in [2.45, 2.75) is 49.7 Å². The van der Waals surface area contributed by atoms with Crippen molar-refractivity contribution < 1.29 is 26.4 Å². The number of rotatable bonds is 4. The van der Waals surface area contributed by atoms with E-state index in [1.54, 1.807) is 0 Å². The molecule has 0 heterocycles. The summed E-state index contributed by atoms with van der Waals surface area (Å²) in [5.41, 5.74) is 0.410. The molecule has 5 nitrogen and oxygen atoms in total. The third-order valence-corrected chi connectivity index (χ3v) is 5.48. The van der Waals surface area contributed by atoms with Crippen molar-refractivity contribution >= 4 is 21.6 Å². The molecule has 0 bridgehead atoms. The maximum atomic E-state index is 13.1. The van der Waals surface area contributed by atoms with Gasteiger partial charge in [-0.3, -0.25) is 4.79 Å². The Hall–Kier alpha value is -1.61. The smallest absolute Gasteiger partial charge is 0.326 e. The summed E-state index contributed by atoms with van der Waals surface area (Å²) in [5, 5.41) is 2.49. The highest BCUT2D eigenvalue weighted by atomic mass is 32.2. The lowest BCUT2D eigenvalue weighted by atomic mass is 9.85. The highest BCUT2D eigenvalue weighted by Gasteiger charge is 2.46. The largest absolute Gasteiger partial charge is 0.393 e. The maximum Gasteiger partial charge on any atom is 0.393 e. The van der Waals surface area contributed by atoms with E-state index in [1.807, 2.05) is 0 Å². The number of hydrogen-bond acceptors (Lipinski definition) is 3. The third-order valence-electron chi connectivity index (χ3n) is 3.98. The van der Waals surface area contributed by atoms with Crippen LogP contribution in [0, 0.1) is 5.92 Å². The van der Waals surface area contributed by atoms with Gasteiger partial charge in [0.05, 0.1) is 10.8 Å². The predicted molar refractivity (Wildman–Crippen MR) is 82.9 cm³/mol. The Bertz CT molecular complexity index is 687. The molecule has 2 unspecified atom stereocenters. The number of nitrogens with one attached hydrogen (secondary N) is 2. The van der Waals surface area contributed by atoms with E-state index in [0.29, 0.717) is 18.5 Å². The van der Waals surface area contributed by atoms with Crippen LogP contribution < -0.4 is 10.0 Å². The summed E-state index contributed by atoms with van der Waals surface area (Å²) in [4.78, 5) is 10.8. The molecule has 134 valence electrons. The van der Waals surface area contributed by atoms with E-state index < -0.39 is 28.2 Å². The van der Waals surface area contributed by atoms with Gasteiger partial charge >= 0.3 is 6.18 Å². The number of amides is 1. The zero-order valence-corrected chi connectivity index (χ0v) is 13.9. The van der Waals surface area contributed by atoms with E-state index in [4.69, 9.17) is 0 Å². The fraction of sp³-hybridized carbons (Fsp3) is 0.533. The van der Waals surface area contributed by atoms with Gasteiger partial charge in [0.15, 0.2) is 0 Å². The van der Waals surface area contributed by atoms with Crippen LogP contribution in [0.25, 0.3) is 0 Å². The minimum atomic E-state index is -4.43. The topological polar surface area (TPSA) is 75.3 Å². The summed E-state index contributed by atoms with van der Waals surface area (Å²) >= 11 is 0. The zero-order valence-electron chi connectivity index (χ0n) is 13.1. The van der Waals surface area contributed by atoms with Gasteiger partial charge in [-0.2, -0.15) is 13.2 Å². The van der Waals surface area contributed by atoms with Crippen molar-refractivity contribution in [1.29, 1.82) is 0 Å². The van der Waals surface area contributed by atoms with Crippen molar-refractivity contribution in [1.82, 2.24) is 4.72 Å². The average Bonchev–Trinajstić information content (AvgIpc) is 2.46. The maximum absolute atomic E-state index is 13.1. The summed E-state index contributed by atoms with van der Waals surface area (Å²) in [6, 6.07) is 4.12. The first-order valence-corrected chi connectivity index (χ1v) is 9.04. The quantitative estimate of drug-likeness (QED) is 0.862. The molecule has 1 aromatic carbocycles. The Morgan fingerprint density at radius 3 is 2.25 bits per heavy atom. The number of sulfonamides is 1. The van der Waals surface area contributed by atoms with E-state index in [2.05, 4.69) is 10.0 Å². The van der Waals surface area contributed by atoms with Crippen LogP contribution in [0.4, 0.5) is 18.9 Å². The summed E-state index contributed by atoms with van der Waals surface area (Å²) in [6.07, 6.45) is -3.34. The molecule has 1 aliphatic carbocycles. The lowest BCUT2D eigenvalue weighted by Gasteiger charge is -2.33. The van der Waals surface area contributed by atoms with Gasteiger partial charge < -0.3 is 5.32 Å². The third kappa shape index (κ3) is 4.70. The van der Waals surface area contributed by atoms with E-state index in [-0.39, 0.29) is 23.6 Å². The van der Waals surface area contributed by atoms with Gasteiger partial charge in [0.25, 0.3) is 0 Å². The Balaban J connectivity index is 2.16. The highest BCUT2D eigenvalue weighted by Crippen LogP contribution is 2.38. The monoisotopic (exact) mass is 364 g/mol. The first kappa shape index (κ1) is 18.7. The molecule has 2 N–H and O–H groups in total. The molecule has 2 rings (SSSR count). The van der Waals surface area contributed by atoms with Crippen molar-refractivity contribution in [3.8, 4) is 0 Å². The molecule has 24 heavy (non-hydrogen) atoms. The number of alkyl halides is 3. The van der Waals surface area contributed by atoms with Crippen LogP contribution in [-0.2, 0) is 14.8 Å². The van der Waals surface area contributed by atoms with Crippen LogP contribution in [0.1, 0.15) is 32.6 Å².